The van der Waals surface area contributed by atoms with E-state index in [1.165, 1.54) is 96.3 Å². The van der Waals surface area contributed by atoms with Crippen molar-refractivity contribution in [3.8, 4) is 0 Å². The molecule has 0 N–H and O–H groups in total. The molecule has 0 aromatic carbocycles. The Morgan fingerprint density at radius 1 is 0.524 bits per heavy atom. The van der Waals surface area contributed by atoms with Gasteiger partial charge in [-0.3, -0.25) is 4.80 Å². The van der Waals surface area contributed by atoms with E-state index in [0.29, 0.717) is 0 Å². The minimum atomic E-state index is -2.01. The second-order valence-corrected chi connectivity index (χ2v) is 11.5. The van der Waals surface area contributed by atoms with E-state index in [1.807, 2.05) is 13.1 Å². The smallest absolute Gasteiger partial charge is 0.231 e. The van der Waals surface area contributed by atoms with Gasteiger partial charge in [0.15, 0.2) is 0 Å². The van der Waals surface area contributed by atoms with E-state index in [2.05, 4.69) is 6.92 Å². The molecule has 0 aromatic heterocycles. The summed E-state index contributed by atoms with van der Waals surface area (Å²) in [5.74, 6) is 0. The summed E-state index contributed by atoms with van der Waals surface area (Å²) in [7, 11) is -2.01. The highest BCUT2D eigenvalue weighted by Gasteiger charge is 2.18. The number of hydrogen-bond donors (Lipinski definition) is 0. The Kier molecular flexibility index (Phi) is 15.2. The van der Waals surface area contributed by atoms with Crippen LogP contribution >= 0.6 is 0 Å². The molecular weight excluding hydrogens is 272 g/mol. The van der Waals surface area contributed by atoms with Gasteiger partial charge in [0.2, 0.25) is 8.32 Å². The molecule has 0 saturated carbocycles. The maximum atomic E-state index is 11.6. The maximum absolute atomic E-state index is 11.6. The fourth-order valence-corrected chi connectivity index (χ4v) is 4.02. The molecule has 0 aliphatic carbocycles. The zero-order valence-corrected chi connectivity index (χ0v) is 16.2. The summed E-state index contributed by atoms with van der Waals surface area (Å²) in [6.45, 7) is 6.17. The van der Waals surface area contributed by atoms with Crippen molar-refractivity contribution in [3.05, 3.63) is 0 Å². The van der Waals surface area contributed by atoms with E-state index < -0.39 is 8.32 Å². The predicted molar refractivity (Wildman–Crippen MR) is 97.9 cm³/mol. The first-order chi connectivity index (χ1) is 10.1. The second-order valence-electron chi connectivity index (χ2n) is 7.46. The van der Waals surface area contributed by atoms with E-state index in [1.54, 1.807) is 0 Å². The van der Waals surface area contributed by atoms with Crippen LogP contribution in [-0.2, 0) is 4.80 Å². The Balaban J connectivity index is 3.00. The van der Waals surface area contributed by atoms with Gasteiger partial charge < -0.3 is 0 Å². The van der Waals surface area contributed by atoms with E-state index in [0.717, 1.165) is 6.04 Å². The first-order valence-corrected chi connectivity index (χ1v) is 12.9. The van der Waals surface area contributed by atoms with Crippen molar-refractivity contribution < 1.29 is 4.80 Å². The molecule has 0 aliphatic heterocycles. The van der Waals surface area contributed by atoms with Gasteiger partial charge in [-0.1, -0.05) is 103 Å². The van der Waals surface area contributed by atoms with Crippen LogP contribution < -0.4 is 0 Å². The van der Waals surface area contributed by atoms with Crippen LogP contribution in [0.3, 0.4) is 0 Å². The first-order valence-electron chi connectivity index (χ1n) is 9.76. The lowest BCUT2D eigenvalue weighted by Gasteiger charge is -2.10. The Hall–Kier alpha value is 0.177. The first kappa shape index (κ1) is 21.2. The second kappa shape index (κ2) is 15.1. The van der Waals surface area contributed by atoms with Crippen molar-refractivity contribution in [3.63, 3.8) is 0 Å². The summed E-state index contributed by atoms with van der Waals surface area (Å²) < 4.78 is 0. The summed E-state index contributed by atoms with van der Waals surface area (Å²) in [4.78, 5) is 11.6. The summed E-state index contributed by atoms with van der Waals surface area (Å²) in [6.07, 6.45) is 21.0. The van der Waals surface area contributed by atoms with Crippen molar-refractivity contribution in [1.82, 2.24) is 0 Å². The van der Waals surface area contributed by atoms with Gasteiger partial charge in [-0.05, 0) is 19.1 Å². The van der Waals surface area contributed by atoms with E-state index in [-0.39, 0.29) is 0 Å². The summed E-state index contributed by atoms with van der Waals surface area (Å²) >= 11 is 0. The van der Waals surface area contributed by atoms with Crippen LogP contribution in [0.1, 0.15) is 103 Å². The quantitative estimate of drug-likeness (QED) is 0.208. The van der Waals surface area contributed by atoms with Gasteiger partial charge >= 0.3 is 0 Å². The molecule has 0 heterocycles. The molecule has 0 unspecified atom stereocenters. The van der Waals surface area contributed by atoms with Gasteiger partial charge in [-0.25, -0.2) is 0 Å². The molecule has 0 amide bonds. The molecule has 0 rings (SSSR count). The lowest BCUT2D eigenvalue weighted by Crippen LogP contribution is -2.21. The highest BCUT2D eigenvalue weighted by atomic mass is 28.4. The third-order valence-electron chi connectivity index (χ3n) is 4.38. The molecule has 0 aliphatic rings. The van der Waals surface area contributed by atoms with Crippen molar-refractivity contribution in [2.24, 2.45) is 0 Å². The summed E-state index contributed by atoms with van der Waals surface area (Å²) in [5, 5.41) is 0. The zero-order valence-electron chi connectivity index (χ0n) is 15.2. The van der Waals surface area contributed by atoms with Crippen LogP contribution in [0.15, 0.2) is 0 Å². The lowest BCUT2D eigenvalue weighted by molar-refractivity contribution is 0.423. The van der Waals surface area contributed by atoms with Crippen molar-refractivity contribution in [2.75, 3.05) is 0 Å². The molecule has 0 aromatic rings. The zero-order chi connectivity index (χ0) is 15.8. The standard InChI is InChI=1S/C19H41OSi/c1-4-5-6-7-8-9-10-11-12-13-14-15-16-17-18-19-21(2,3)20/h4-19H2,1-3H3. The minimum absolute atomic E-state index is 0.977. The lowest BCUT2D eigenvalue weighted by atomic mass is 10.0. The number of rotatable bonds is 16. The molecule has 0 spiro atoms. The minimum Gasteiger partial charge on any atom is -0.298 e. The van der Waals surface area contributed by atoms with Crippen molar-refractivity contribution >= 4 is 8.32 Å². The Labute approximate surface area is 136 Å². The average molecular weight is 314 g/mol. The largest absolute Gasteiger partial charge is 0.298 e. The van der Waals surface area contributed by atoms with Gasteiger partial charge in [0.1, 0.15) is 0 Å². The fraction of sp³-hybridized carbons (Fsp3) is 1.00. The normalized spacial score (nSPS) is 12.0. The van der Waals surface area contributed by atoms with Crippen molar-refractivity contribution in [1.29, 1.82) is 0 Å². The van der Waals surface area contributed by atoms with Crippen molar-refractivity contribution in [2.45, 2.75) is 122 Å². The average Bonchev–Trinajstić information content (AvgIpc) is 2.42. The predicted octanol–water partition coefficient (Wildman–Crippen LogP) is 7.49. The van der Waals surface area contributed by atoms with Crippen LogP contribution in [0.4, 0.5) is 0 Å². The van der Waals surface area contributed by atoms with Crippen LogP contribution in [0.2, 0.25) is 19.1 Å². The molecule has 0 atom stereocenters. The van der Waals surface area contributed by atoms with E-state index in [4.69, 9.17) is 0 Å². The molecule has 127 valence electrons. The van der Waals surface area contributed by atoms with Crippen LogP contribution in [-0.4, -0.2) is 8.32 Å². The molecule has 1 radical (unpaired) electrons. The van der Waals surface area contributed by atoms with Crippen LogP contribution in [0, 0.1) is 0 Å². The monoisotopic (exact) mass is 313 g/mol. The van der Waals surface area contributed by atoms with Gasteiger partial charge in [0, 0.05) is 0 Å². The molecule has 1 nitrogen and oxygen atoms in total. The van der Waals surface area contributed by atoms with E-state index in [9.17, 15) is 4.80 Å². The molecular formula is C19H41OSi. The summed E-state index contributed by atoms with van der Waals surface area (Å²) in [5.41, 5.74) is 0. The fourth-order valence-electron chi connectivity index (χ4n) is 2.92. The third-order valence-corrected chi connectivity index (χ3v) is 5.94. The van der Waals surface area contributed by atoms with E-state index >= 15 is 0 Å². The van der Waals surface area contributed by atoms with Crippen LogP contribution in [0.25, 0.3) is 0 Å². The molecule has 0 bridgehead atoms. The third kappa shape index (κ3) is 20.2. The van der Waals surface area contributed by atoms with Crippen LogP contribution in [0.5, 0.6) is 0 Å². The molecule has 0 saturated heterocycles. The maximum Gasteiger partial charge on any atom is 0.231 e. The van der Waals surface area contributed by atoms with Gasteiger partial charge in [0.05, 0.1) is 0 Å². The van der Waals surface area contributed by atoms with Gasteiger partial charge in [0.25, 0.3) is 0 Å². The Bertz CT molecular complexity index is 198. The van der Waals surface area contributed by atoms with Gasteiger partial charge in [-0.15, -0.1) is 0 Å². The Morgan fingerprint density at radius 3 is 1.10 bits per heavy atom. The number of unbranched alkanes of at least 4 members (excludes halogenated alkanes) is 14. The molecule has 2 heteroatoms. The molecule has 21 heavy (non-hydrogen) atoms. The number of hydrogen-bond acceptors (Lipinski definition) is 0. The SMILES string of the molecule is CCCCCCCCCCCCCCCCC[Si](C)(C)[O]. The highest BCUT2D eigenvalue weighted by Crippen LogP contribution is 2.15. The molecule has 0 fully saturated rings. The highest BCUT2D eigenvalue weighted by molar-refractivity contribution is 6.69. The Morgan fingerprint density at radius 2 is 0.810 bits per heavy atom. The van der Waals surface area contributed by atoms with Gasteiger partial charge in [-0.2, -0.15) is 0 Å². The topological polar surface area (TPSA) is 19.9 Å². The summed E-state index contributed by atoms with van der Waals surface area (Å²) in [6, 6.07) is 0.977.